The SMILES string of the molecule is CCCCOC(=O)/C(C(C)=O)=C(/O)CCCOc1ccc(C(C)(C)CC(C)(C)C)cc1. The minimum absolute atomic E-state index is 0.0716. The first kappa shape index (κ1) is 26.7. The minimum Gasteiger partial charge on any atom is -0.511 e. The highest BCUT2D eigenvalue weighted by Crippen LogP contribution is 2.36. The molecule has 0 fully saturated rings. The fourth-order valence-corrected chi connectivity index (χ4v) is 3.83. The summed E-state index contributed by atoms with van der Waals surface area (Å²) in [4.78, 5) is 23.8. The lowest BCUT2D eigenvalue weighted by molar-refractivity contribution is -0.140. The molecule has 0 radical (unpaired) electrons. The molecule has 0 aliphatic rings. The molecule has 31 heavy (non-hydrogen) atoms. The standard InChI is InChI=1S/C26H40O5/c1-8-9-16-31-24(29)23(19(2)27)22(28)11-10-17-30-21-14-12-20(13-15-21)26(6,7)18-25(3,4)5/h12-15,28H,8-11,16-18H2,1-7H3/b23-22+. The van der Waals surface area contributed by atoms with Gasteiger partial charge in [-0.1, -0.05) is 60.1 Å². The molecule has 0 amide bonds. The Morgan fingerprint density at radius 3 is 2.10 bits per heavy atom. The normalized spacial score (nSPS) is 12.9. The third kappa shape index (κ3) is 9.58. The van der Waals surface area contributed by atoms with Crippen molar-refractivity contribution < 1.29 is 24.2 Å². The number of allylic oxidation sites excluding steroid dienone is 1. The summed E-state index contributed by atoms with van der Waals surface area (Å²) in [7, 11) is 0. The Morgan fingerprint density at radius 2 is 1.58 bits per heavy atom. The zero-order chi connectivity index (χ0) is 23.7. The second-order valence-corrected chi connectivity index (χ2v) is 9.97. The van der Waals surface area contributed by atoms with Crippen molar-refractivity contribution >= 4 is 11.8 Å². The highest BCUT2D eigenvalue weighted by molar-refractivity contribution is 6.16. The molecule has 1 aromatic rings. The van der Waals surface area contributed by atoms with Gasteiger partial charge in [0.15, 0.2) is 5.78 Å². The third-order valence-electron chi connectivity index (χ3n) is 5.01. The maximum atomic E-state index is 12.1. The summed E-state index contributed by atoms with van der Waals surface area (Å²) in [5, 5.41) is 10.2. The van der Waals surface area contributed by atoms with Gasteiger partial charge in [-0.2, -0.15) is 0 Å². The monoisotopic (exact) mass is 432 g/mol. The van der Waals surface area contributed by atoms with E-state index in [9.17, 15) is 14.7 Å². The Labute approximate surface area is 187 Å². The van der Waals surface area contributed by atoms with Crippen LogP contribution in [0.4, 0.5) is 0 Å². The summed E-state index contributed by atoms with van der Waals surface area (Å²) in [5.41, 5.74) is 1.32. The maximum Gasteiger partial charge on any atom is 0.345 e. The van der Waals surface area contributed by atoms with E-state index < -0.39 is 11.8 Å². The number of Topliss-reactive ketones (excluding diaryl/α,β-unsaturated/α-hetero) is 1. The zero-order valence-electron chi connectivity index (χ0n) is 20.3. The van der Waals surface area contributed by atoms with E-state index in [1.165, 1.54) is 12.5 Å². The Bertz CT molecular complexity index is 751. The van der Waals surface area contributed by atoms with Gasteiger partial charge in [0.1, 0.15) is 17.1 Å². The van der Waals surface area contributed by atoms with Gasteiger partial charge in [-0.25, -0.2) is 4.79 Å². The van der Waals surface area contributed by atoms with Crippen LogP contribution in [0.5, 0.6) is 5.75 Å². The summed E-state index contributed by atoms with van der Waals surface area (Å²) in [6.07, 6.45) is 3.32. The van der Waals surface area contributed by atoms with Crippen LogP contribution in [0.15, 0.2) is 35.6 Å². The van der Waals surface area contributed by atoms with Crippen molar-refractivity contribution in [1.29, 1.82) is 0 Å². The molecule has 0 aromatic heterocycles. The fourth-order valence-electron chi connectivity index (χ4n) is 3.83. The smallest absolute Gasteiger partial charge is 0.345 e. The van der Waals surface area contributed by atoms with Crippen molar-refractivity contribution in [3.63, 3.8) is 0 Å². The molecule has 0 saturated carbocycles. The predicted molar refractivity (Wildman–Crippen MR) is 124 cm³/mol. The molecule has 0 bridgehead atoms. The molecular formula is C26H40O5. The summed E-state index contributed by atoms with van der Waals surface area (Å²) >= 11 is 0. The topological polar surface area (TPSA) is 72.8 Å². The van der Waals surface area contributed by atoms with Crippen molar-refractivity contribution in [3.8, 4) is 5.75 Å². The number of carbonyl (C=O) groups excluding carboxylic acids is 2. The van der Waals surface area contributed by atoms with Gasteiger partial charge in [-0.05, 0) is 54.7 Å². The number of benzene rings is 1. The molecule has 1 rings (SSSR count). The molecule has 0 atom stereocenters. The van der Waals surface area contributed by atoms with Gasteiger partial charge >= 0.3 is 5.97 Å². The molecule has 174 valence electrons. The van der Waals surface area contributed by atoms with Crippen LogP contribution >= 0.6 is 0 Å². The lowest BCUT2D eigenvalue weighted by atomic mass is 9.72. The molecule has 1 N–H and O–H groups in total. The van der Waals surface area contributed by atoms with Gasteiger partial charge in [0.2, 0.25) is 0 Å². The lowest BCUT2D eigenvalue weighted by Crippen LogP contribution is -2.24. The van der Waals surface area contributed by atoms with Crippen LogP contribution in [0.25, 0.3) is 0 Å². The number of hydrogen-bond acceptors (Lipinski definition) is 5. The number of esters is 1. The molecule has 0 spiro atoms. The molecule has 0 aliphatic carbocycles. The van der Waals surface area contributed by atoms with Gasteiger partial charge in [0.25, 0.3) is 0 Å². The molecule has 0 saturated heterocycles. The number of ether oxygens (including phenoxy) is 2. The second-order valence-electron chi connectivity index (χ2n) is 9.97. The van der Waals surface area contributed by atoms with Gasteiger partial charge in [0.05, 0.1) is 13.2 Å². The summed E-state index contributed by atoms with van der Waals surface area (Å²) in [6.45, 7) is 15.1. The number of hydrogen-bond donors (Lipinski definition) is 1. The van der Waals surface area contributed by atoms with Gasteiger partial charge in [0, 0.05) is 6.42 Å². The Hall–Kier alpha value is -2.30. The summed E-state index contributed by atoms with van der Waals surface area (Å²) in [5.74, 6) is -0.734. The molecule has 5 nitrogen and oxygen atoms in total. The van der Waals surface area contributed by atoms with E-state index in [0.29, 0.717) is 13.0 Å². The zero-order valence-corrected chi connectivity index (χ0v) is 20.3. The van der Waals surface area contributed by atoms with Crippen molar-refractivity contribution in [2.24, 2.45) is 5.41 Å². The fraction of sp³-hybridized carbons (Fsp3) is 0.615. The molecule has 0 aliphatic heterocycles. The summed E-state index contributed by atoms with van der Waals surface area (Å²) in [6, 6.07) is 8.11. The Kier molecular flexibility index (Phi) is 10.3. The lowest BCUT2D eigenvalue weighted by Gasteiger charge is -2.33. The van der Waals surface area contributed by atoms with E-state index in [-0.39, 0.29) is 35.2 Å². The maximum absolute atomic E-state index is 12.1. The minimum atomic E-state index is -0.757. The van der Waals surface area contributed by atoms with Crippen LogP contribution in [0.1, 0.15) is 86.1 Å². The average Bonchev–Trinajstić information content (AvgIpc) is 2.64. The van der Waals surface area contributed by atoms with Crippen molar-refractivity contribution in [1.82, 2.24) is 0 Å². The van der Waals surface area contributed by atoms with E-state index in [1.54, 1.807) is 0 Å². The van der Waals surface area contributed by atoms with Crippen LogP contribution in [-0.4, -0.2) is 30.1 Å². The number of rotatable bonds is 12. The van der Waals surface area contributed by atoms with Gasteiger partial charge < -0.3 is 14.6 Å². The van der Waals surface area contributed by atoms with Crippen molar-refractivity contribution in [2.75, 3.05) is 13.2 Å². The van der Waals surface area contributed by atoms with Crippen LogP contribution in [0.2, 0.25) is 0 Å². The van der Waals surface area contributed by atoms with Crippen LogP contribution in [0, 0.1) is 5.41 Å². The van der Waals surface area contributed by atoms with Crippen molar-refractivity contribution in [3.05, 3.63) is 41.2 Å². The first-order valence-corrected chi connectivity index (χ1v) is 11.2. The quantitative estimate of drug-likeness (QED) is 0.105. The highest BCUT2D eigenvalue weighted by Gasteiger charge is 2.27. The Balaban J connectivity index is 2.62. The first-order chi connectivity index (χ1) is 14.4. The van der Waals surface area contributed by atoms with Gasteiger partial charge in [-0.15, -0.1) is 0 Å². The predicted octanol–water partition coefficient (Wildman–Crippen LogP) is 6.30. The molecule has 0 unspecified atom stereocenters. The number of aliphatic hydroxyl groups is 1. The van der Waals surface area contributed by atoms with Crippen LogP contribution in [0.3, 0.4) is 0 Å². The molecule has 5 heteroatoms. The van der Waals surface area contributed by atoms with E-state index in [2.05, 4.69) is 46.8 Å². The van der Waals surface area contributed by atoms with E-state index in [0.717, 1.165) is 25.0 Å². The van der Waals surface area contributed by atoms with Crippen LogP contribution in [-0.2, 0) is 19.7 Å². The van der Waals surface area contributed by atoms with Crippen molar-refractivity contribution in [2.45, 2.75) is 86.0 Å². The summed E-state index contributed by atoms with van der Waals surface area (Å²) < 4.78 is 10.8. The molecular weight excluding hydrogens is 392 g/mol. The number of ketones is 1. The van der Waals surface area contributed by atoms with Crippen LogP contribution < -0.4 is 4.74 Å². The first-order valence-electron chi connectivity index (χ1n) is 11.2. The highest BCUT2D eigenvalue weighted by atomic mass is 16.5. The number of aliphatic hydroxyl groups excluding tert-OH is 1. The average molecular weight is 433 g/mol. The van der Waals surface area contributed by atoms with E-state index in [4.69, 9.17) is 9.47 Å². The van der Waals surface area contributed by atoms with Gasteiger partial charge in [-0.3, -0.25) is 4.79 Å². The number of unbranched alkanes of at least 4 members (excludes halogenated alkanes) is 1. The van der Waals surface area contributed by atoms with E-state index >= 15 is 0 Å². The second kappa shape index (κ2) is 11.9. The molecule has 0 heterocycles. The Morgan fingerprint density at radius 1 is 0.968 bits per heavy atom. The molecule has 1 aromatic carbocycles. The van der Waals surface area contributed by atoms with E-state index in [1.807, 2.05) is 19.1 Å². The largest absolute Gasteiger partial charge is 0.511 e. The third-order valence-corrected chi connectivity index (χ3v) is 5.01. The number of carbonyl (C=O) groups is 2.